The molecule has 0 saturated carbocycles. The minimum atomic E-state index is -0.982. The van der Waals surface area contributed by atoms with Crippen LogP contribution < -0.4 is 5.32 Å². The van der Waals surface area contributed by atoms with Crippen molar-refractivity contribution in [3.63, 3.8) is 0 Å². The Morgan fingerprint density at radius 1 is 1.32 bits per heavy atom. The van der Waals surface area contributed by atoms with Gasteiger partial charge in [0.05, 0.1) is 6.42 Å². The number of aliphatic carboxylic acids is 1. The summed E-state index contributed by atoms with van der Waals surface area (Å²) in [5, 5.41) is 11.4. The van der Waals surface area contributed by atoms with Gasteiger partial charge in [0, 0.05) is 0 Å². The van der Waals surface area contributed by atoms with E-state index in [1.807, 2.05) is 6.07 Å². The zero-order valence-electron chi connectivity index (χ0n) is 11.1. The van der Waals surface area contributed by atoms with Crippen LogP contribution in [0.5, 0.6) is 0 Å². The standard InChI is InChI=1S/C15H19NO3/c1-2-13(15(18)19)16-14(17)9-10-6-7-11-4-3-5-12(11)8-10/h6-8,13H,2-5,9H2,1H3,(H,16,17)(H,18,19)/t13-/m1/s1. The van der Waals surface area contributed by atoms with Gasteiger partial charge >= 0.3 is 5.97 Å². The Hall–Kier alpha value is -1.84. The average molecular weight is 261 g/mol. The van der Waals surface area contributed by atoms with E-state index in [9.17, 15) is 9.59 Å². The number of carboxylic acid groups (broad SMARTS) is 1. The summed E-state index contributed by atoms with van der Waals surface area (Å²) >= 11 is 0. The first-order valence-corrected chi connectivity index (χ1v) is 6.73. The quantitative estimate of drug-likeness (QED) is 0.847. The lowest BCUT2D eigenvalue weighted by molar-refractivity contribution is -0.141. The van der Waals surface area contributed by atoms with Crippen molar-refractivity contribution < 1.29 is 14.7 Å². The molecule has 19 heavy (non-hydrogen) atoms. The van der Waals surface area contributed by atoms with Gasteiger partial charge in [0.15, 0.2) is 0 Å². The fraction of sp³-hybridized carbons (Fsp3) is 0.467. The number of benzene rings is 1. The van der Waals surface area contributed by atoms with Gasteiger partial charge in [-0.15, -0.1) is 0 Å². The second-order valence-corrected chi connectivity index (χ2v) is 5.00. The van der Waals surface area contributed by atoms with Crippen LogP contribution in [0.2, 0.25) is 0 Å². The lowest BCUT2D eigenvalue weighted by Crippen LogP contribution is -2.40. The summed E-state index contributed by atoms with van der Waals surface area (Å²) in [7, 11) is 0. The van der Waals surface area contributed by atoms with Crippen molar-refractivity contribution in [2.75, 3.05) is 0 Å². The zero-order valence-corrected chi connectivity index (χ0v) is 11.1. The van der Waals surface area contributed by atoms with Crippen molar-refractivity contribution >= 4 is 11.9 Å². The third kappa shape index (κ3) is 3.34. The molecular weight excluding hydrogens is 242 g/mol. The number of carboxylic acids is 1. The van der Waals surface area contributed by atoms with Crippen molar-refractivity contribution in [1.29, 1.82) is 0 Å². The normalized spacial score (nSPS) is 14.8. The number of carbonyl (C=O) groups excluding carboxylic acids is 1. The fourth-order valence-corrected chi connectivity index (χ4v) is 2.50. The molecule has 102 valence electrons. The lowest BCUT2D eigenvalue weighted by Gasteiger charge is -2.12. The average Bonchev–Trinajstić information content (AvgIpc) is 2.82. The van der Waals surface area contributed by atoms with Gasteiger partial charge in [0.25, 0.3) is 0 Å². The Labute approximate surface area is 112 Å². The third-order valence-corrected chi connectivity index (χ3v) is 3.57. The Bertz CT molecular complexity index is 496. The number of hydrogen-bond acceptors (Lipinski definition) is 2. The van der Waals surface area contributed by atoms with Crippen molar-refractivity contribution in [3.8, 4) is 0 Å². The van der Waals surface area contributed by atoms with Crippen LogP contribution in [-0.2, 0) is 28.9 Å². The van der Waals surface area contributed by atoms with E-state index in [2.05, 4.69) is 17.4 Å². The number of carbonyl (C=O) groups is 2. The van der Waals surface area contributed by atoms with E-state index in [0.29, 0.717) is 6.42 Å². The summed E-state index contributed by atoms with van der Waals surface area (Å²) in [5.74, 6) is -1.21. The summed E-state index contributed by atoms with van der Waals surface area (Å²) in [6, 6.07) is 5.33. The molecule has 1 aliphatic rings. The highest BCUT2D eigenvalue weighted by Gasteiger charge is 2.18. The van der Waals surface area contributed by atoms with Crippen molar-refractivity contribution in [2.24, 2.45) is 0 Å². The van der Waals surface area contributed by atoms with Gasteiger partial charge in [-0.05, 0) is 42.4 Å². The highest BCUT2D eigenvalue weighted by atomic mass is 16.4. The van der Waals surface area contributed by atoms with Crippen molar-refractivity contribution in [2.45, 2.75) is 45.1 Å². The summed E-state index contributed by atoms with van der Waals surface area (Å²) in [4.78, 5) is 22.7. The number of hydrogen-bond donors (Lipinski definition) is 2. The predicted octanol–water partition coefficient (Wildman–Crippen LogP) is 1.70. The topological polar surface area (TPSA) is 66.4 Å². The largest absolute Gasteiger partial charge is 0.480 e. The first kappa shape index (κ1) is 13.6. The monoisotopic (exact) mass is 261 g/mol. The number of fused-ring (bicyclic) bond motifs is 1. The first-order chi connectivity index (χ1) is 9.10. The van der Waals surface area contributed by atoms with Gasteiger partial charge in [-0.3, -0.25) is 4.79 Å². The number of aryl methyl sites for hydroxylation is 2. The summed E-state index contributed by atoms with van der Waals surface area (Å²) in [5.41, 5.74) is 3.66. The van der Waals surface area contributed by atoms with Crippen LogP contribution in [0.4, 0.5) is 0 Å². The second-order valence-electron chi connectivity index (χ2n) is 5.00. The number of amides is 1. The highest BCUT2D eigenvalue weighted by molar-refractivity contribution is 5.84. The molecule has 0 spiro atoms. The molecule has 1 aromatic carbocycles. The van der Waals surface area contributed by atoms with E-state index in [4.69, 9.17) is 5.11 Å². The van der Waals surface area contributed by atoms with Crippen LogP contribution in [0, 0.1) is 0 Å². The van der Waals surface area contributed by atoms with Gasteiger partial charge in [-0.1, -0.05) is 25.1 Å². The van der Waals surface area contributed by atoms with Crippen LogP contribution in [0.15, 0.2) is 18.2 Å². The number of nitrogens with one attached hydrogen (secondary N) is 1. The van der Waals surface area contributed by atoms with Gasteiger partial charge in [0.1, 0.15) is 6.04 Å². The second kappa shape index (κ2) is 5.87. The molecule has 2 N–H and O–H groups in total. The smallest absolute Gasteiger partial charge is 0.326 e. The predicted molar refractivity (Wildman–Crippen MR) is 72.0 cm³/mol. The molecule has 1 amide bonds. The molecule has 1 atom stereocenters. The van der Waals surface area contributed by atoms with E-state index in [-0.39, 0.29) is 12.3 Å². The van der Waals surface area contributed by atoms with E-state index in [1.54, 1.807) is 6.92 Å². The Morgan fingerprint density at radius 3 is 2.74 bits per heavy atom. The fourth-order valence-electron chi connectivity index (χ4n) is 2.50. The molecule has 0 aliphatic heterocycles. The maximum Gasteiger partial charge on any atom is 0.326 e. The summed E-state index contributed by atoms with van der Waals surface area (Å²) in [6.07, 6.45) is 4.03. The van der Waals surface area contributed by atoms with Crippen LogP contribution in [0.3, 0.4) is 0 Å². The van der Waals surface area contributed by atoms with Crippen LogP contribution in [0.25, 0.3) is 0 Å². The van der Waals surface area contributed by atoms with Crippen LogP contribution in [0.1, 0.15) is 36.5 Å². The molecule has 0 radical (unpaired) electrons. The molecular formula is C15H19NO3. The first-order valence-electron chi connectivity index (χ1n) is 6.73. The molecule has 0 bridgehead atoms. The molecule has 2 rings (SSSR count). The molecule has 0 fully saturated rings. The van der Waals surface area contributed by atoms with Gasteiger partial charge in [-0.25, -0.2) is 4.79 Å². The molecule has 1 aromatic rings. The van der Waals surface area contributed by atoms with Gasteiger partial charge in [0.2, 0.25) is 5.91 Å². The molecule has 0 heterocycles. The molecule has 4 heteroatoms. The SMILES string of the molecule is CC[C@@H](NC(=O)Cc1ccc2c(c1)CCC2)C(=O)O. The Kier molecular flexibility index (Phi) is 4.20. The highest BCUT2D eigenvalue weighted by Crippen LogP contribution is 2.22. The maximum absolute atomic E-state index is 11.8. The van der Waals surface area contributed by atoms with E-state index < -0.39 is 12.0 Å². The maximum atomic E-state index is 11.8. The summed E-state index contributed by atoms with van der Waals surface area (Å²) < 4.78 is 0. The van der Waals surface area contributed by atoms with E-state index >= 15 is 0 Å². The number of rotatable bonds is 5. The third-order valence-electron chi connectivity index (χ3n) is 3.57. The molecule has 0 saturated heterocycles. The molecule has 4 nitrogen and oxygen atoms in total. The molecule has 0 aromatic heterocycles. The lowest BCUT2D eigenvalue weighted by atomic mass is 10.0. The minimum absolute atomic E-state index is 0.229. The van der Waals surface area contributed by atoms with E-state index in [1.165, 1.54) is 17.5 Å². The van der Waals surface area contributed by atoms with E-state index in [0.717, 1.165) is 18.4 Å². The van der Waals surface area contributed by atoms with Crippen LogP contribution in [-0.4, -0.2) is 23.0 Å². The van der Waals surface area contributed by atoms with Crippen molar-refractivity contribution in [1.82, 2.24) is 5.32 Å². The zero-order chi connectivity index (χ0) is 13.8. The van der Waals surface area contributed by atoms with Crippen LogP contribution >= 0.6 is 0 Å². The van der Waals surface area contributed by atoms with Gasteiger partial charge in [-0.2, -0.15) is 0 Å². The Morgan fingerprint density at radius 2 is 2.05 bits per heavy atom. The minimum Gasteiger partial charge on any atom is -0.480 e. The van der Waals surface area contributed by atoms with Crippen molar-refractivity contribution in [3.05, 3.63) is 34.9 Å². The summed E-state index contributed by atoms with van der Waals surface area (Å²) in [6.45, 7) is 1.74. The Balaban J connectivity index is 1.97. The molecule has 1 aliphatic carbocycles. The molecule has 0 unspecified atom stereocenters. The van der Waals surface area contributed by atoms with Gasteiger partial charge < -0.3 is 10.4 Å².